The highest BCUT2D eigenvalue weighted by Crippen LogP contribution is 2.26. The van der Waals surface area contributed by atoms with Crippen LogP contribution in [0.25, 0.3) is 10.2 Å². The maximum absolute atomic E-state index is 4.55. The van der Waals surface area contributed by atoms with Crippen LogP contribution >= 0.6 is 11.3 Å². The summed E-state index contributed by atoms with van der Waals surface area (Å²) >= 11 is 1.77. The summed E-state index contributed by atoms with van der Waals surface area (Å²) in [6, 6.07) is 6.55. The molecule has 1 aliphatic carbocycles. The Morgan fingerprint density at radius 3 is 2.94 bits per heavy atom. The molecule has 1 aromatic heterocycles. The summed E-state index contributed by atoms with van der Waals surface area (Å²) in [7, 11) is 0. The van der Waals surface area contributed by atoms with Crippen molar-refractivity contribution < 1.29 is 0 Å². The van der Waals surface area contributed by atoms with Crippen LogP contribution in [0, 0.1) is 12.8 Å². The first kappa shape index (κ1) is 12.0. The minimum absolute atomic E-state index is 0.867. The molecule has 0 spiro atoms. The van der Waals surface area contributed by atoms with Gasteiger partial charge in [0.2, 0.25) is 0 Å². The van der Waals surface area contributed by atoms with Crippen molar-refractivity contribution >= 4 is 27.2 Å². The molecule has 1 N–H and O–H groups in total. The summed E-state index contributed by atoms with van der Waals surface area (Å²) in [5.74, 6) is 0.867. The predicted molar refractivity (Wildman–Crippen MR) is 79.4 cm³/mol. The van der Waals surface area contributed by atoms with Gasteiger partial charge >= 0.3 is 0 Å². The monoisotopic (exact) mass is 260 g/mol. The third-order valence-corrected chi connectivity index (χ3v) is 4.77. The lowest BCUT2D eigenvalue weighted by Crippen LogP contribution is -2.16. The van der Waals surface area contributed by atoms with E-state index in [9.17, 15) is 0 Å². The van der Waals surface area contributed by atoms with E-state index in [-0.39, 0.29) is 0 Å². The van der Waals surface area contributed by atoms with E-state index in [1.807, 2.05) is 0 Å². The summed E-state index contributed by atoms with van der Waals surface area (Å²) in [6.07, 6.45) is 7.05. The standard InChI is InChI=1S/C15H20N2S/c1-11-17-14-9-13(7-8-15(14)18-11)16-10-12-5-3-2-4-6-12/h7-9,12,16H,2-6,10H2,1H3. The summed E-state index contributed by atoms with van der Waals surface area (Å²) in [5, 5.41) is 4.73. The highest BCUT2D eigenvalue weighted by Gasteiger charge is 2.12. The molecule has 0 atom stereocenters. The molecule has 1 aliphatic rings. The molecule has 3 rings (SSSR count). The lowest BCUT2D eigenvalue weighted by atomic mass is 9.89. The predicted octanol–water partition coefficient (Wildman–Crippen LogP) is 4.60. The van der Waals surface area contributed by atoms with Crippen molar-refractivity contribution in [1.29, 1.82) is 0 Å². The van der Waals surface area contributed by atoms with Gasteiger partial charge in [-0.25, -0.2) is 4.98 Å². The van der Waals surface area contributed by atoms with Crippen molar-refractivity contribution in [2.45, 2.75) is 39.0 Å². The second-order valence-corrected chi connectivity index (χ2v) is 6.54. The molecule has 0 unspecified atom stereocenters. The van der Waals surface area contributed by atoms with Gasteiger partial charge in [-0.2, -0.15) is 0 Å². The van der Waals surface area contributed by atoms with Crippen LogP contribution in [-0.4, -0.2) is 11.5 Å². The molecule has 1 heterocycles. The number of hydrogen-bond acceptors (Lipinski definition) is 3. The Hall–Kier alpha value is -1.09. The van der Waals surface area contributed by atoms with Crippen LogP contribution in [-0.2, 0) is 0 Å². The molecule has 96 valence electrons. The van der Waals surface area contributed by atoms with E-state index in [0.717, 1.165) is 23.0 Å². The summed E-state index contributed by atoms with van der Waals surface area (Å²) < 4.78 is 1.29. The van der Waals surface area contributed by atoms with Crippen molar-refractivity contribution in [2.75, 3.05) is 11.9 Å². The van der Waals surface area contributed by atoms with Crippen molar-refractivity contribution in [1.82, 2.24) is 4.98 Å². The summed E-state index contributed by atoms with van der Waals surface area (Å²) in [5.41, 5.74) is 2.35. The van der Waals surface area contributed by atoms with Crippen molar-refractivity contribution in [2.24, 2.45) is 5.92 Å². The fourth-order valence-corrected chi connectivity index (χ4v) is 3.61. The molecule has 0 saturated heterocycles. The fourth-order valence-electron chi connectivity index (χ4n) is 2.81. The SMILES string of the molecule is Cc1nc2cc(NCC3CCCCC3)ccc2s1. The Kier molecular flexibility index (Phi) is 3.50. The van der Waals surface area contributed by atoms with Gasteiger partial charge in [-0.15, -0.1) is 11.3 Å². The molecule has 1 saturated carbocycles. The van der Waals surface area contributed by atoms with Crippen LogP contribution in [0.3, 0.4) is 0 Å². The zero-order chi connectivity index (χ0) is 12.4. The third-order valence-electron chi connectivity index (χ3n) is 3.81. The molecular weight excluding hydrogens is 240 g/mol. The Balaban J connectivity index is 1.66. The van der Waals surface area contributed by atoms with Crippen LogP contribution in [0.15, 0.2) is 18.2 Å². The highest BCUT2D eigenvalue weighted by molar-refractivity contribution is 7.18. The first-order valence-corrected chi connectivity index (χ1v) is 7.74. The fraction of sp³-hybridized carbons (Fsp3) is 0.533. The van der Waals surface area contributed by atoms with Gasteiger partial charge in [-0.1, -0.05) is 19.3 Å². The maximum atomic E-state index is 4.55. The quantitative estimate of drug-likeness (QED) is 0.872. The molecule has 0 amide bonds. The number of benzene rings is 1. The Morgan fingerprint density at radius 1 is 1.28 bits per heavy atom. The number of nitrogens with one attached hydrogen (secondary N) is 1. The smallest absolute Gasteiger partial charge is 0.0907 e. The van der Waals surface area contributed by atoms with Gasteiger partial charge in [0.1, 0.15) is 0 Å². The summed E-state index contributed by atoms with van der Waals surface area (Å²) in [6.45, 7) is 3.19. The molecule has 1 aromatic carbocycles. The van der Waals surface area contributed by atoms with Crippen molar-refractivity contribution in [3.63, 3.8) is 0 Å². The number of aryl methyl sites for hydroxylation is 1. The first-order valence-electron chi connectivity index (χ1n) is 6.92. The molecule has 0 bridgehead atoms. The second-order valence-electron chi connectivity index (χ2n) is 5.30. The molecule has 18 heavy (non-hydrogen) atoms. The summed E-state index contributed by atoms with van der Waals surface area (Å²) in [4.78, 5) is 4.55. The molecule has 1 fully saturated rings. The second kappa shape index (κ2) is 5.27. The Labute approximate surface area is 112 Å². The van der Waals surface area contributed by atoms with Crippen molar-refractivity contribution in [3.8, 4) is 0 Å². The first-order chi connectivity index (χ1) is 8.81. The molecule has 2 aromatic rings. The third kappa shape index (κ3) is 2.66. The number of hydrogen-bond donors (Lipinski definition) is 1. The molecule has 0 radical (unpaired) electrons. The van der Waals surface area contributed by atoms with E-state index in [2.05, 4.69) is 35.4 Å². The minimum Gasteiger partial charge on any atom is -0.385 e. The molecule has 2 nitrogen and oxygen atoms in total. The van der Waals surface area contributed by atoms with E-state index >= 15 is 0 Å². The number of anilines is 1. The van der Waals surface area contributed by atoms with Gasteiger partial charge in [-0.3, -0.25) is 0 Å². The van der Waals surface area contributed by atoms with E-state index in [1.54, 1.807) is 11.3 Å². The zero-order valence-corrected chi connectivity index (χ0v) is 11.7. The Morgan fingerprint density at radius 2 is 2.11 bits per heavy atom. The van der Waals surface area contributed by atoms with Crippen LogP contribution in [0.2, 0.25) is 0 Å². The Bertz CT molecular complexity index is 526. The number of aromatic nitrogens is 1. The largest absolute Gasteiger partial charge is 0.385 e. The van der Waals surface area contributed by atoms with Crippen LogP contribution in [0.5, 0.6) is 0 Å². The van der Waals surface area contributed by atoms with E-state index in [0.29, 0.717) is 0 Å². The highest BCUT2D eigenvalue weighted by atomic mass is 32.1. The van der Waals surface area contributed by atoms with Gasteiger partial charge in [0, 0.05) is 12.2 Å². The maximum Gasteiger partial charge on any atom is 0.0907 e. The van der Waals surface area contributed by atoms with Crippen LogP contribution in [0.1, 0.15) is 37.1 Å². The van der Waals surface area contributed by atoms with Gasteiger partial charge in [0.25, 0.3) is 0 Å². The van der Waals surface area contributed by atoms with E-state index < -0.39 is 0 Å². The topological polar surface area (TPSA) is 24.9 Å². The van der Waals surface area contributed by atoms with Gasteiger partial charge in [0.05, 0.1) is 15.2 Å². The van der Waals surface area contributed by atoms with Crippen LogP contribution < -0.4 is 5.32 Å². The number of rotatable bonds is 3. The number of nitrogens with zero attached hydrogens (tertiary/aromatic N) is 1. The number of fused-ring (bicyclic) bond motifs is 1. The molecule has 0 aliphatic heterocycles. The minimum atomic E-state index is 0.867. The molecular formula is C15H20N2S. The average Bonchev–Trinajstić information content (AvgIpc) is 2.77. The zero-order valence-electron chi connectivity index (χ0n) is 10.9. The van der Waals surface area contributed by atoms with E-state index in [1.165, 1.54) is 42.5 Å². The van der Waals surface area contributed by atoms with Gasteiger partial charge in [0.15, 0.2) is 0 Å². The van der Waals surface area contributed by atoms with Gasteiger partial charge in [-0.05, 0) is 43.9 Å². The number of thiazole rings is 1. The normalized spacial score (nSPS) is 17.2. The lowest BCUT2D eigenvalue weighted by Gasteiger charge is -2.22. The van der Waals surface area contributed by atoms with Crippen LogP contribution in [0.4, 0.5) is 5.69 Å². The average molecular weight is 260 g/mol. The lowest BCUT2D eigenvalue weighted by molar-refractivity contribution is 0.373. The van der Waals surface area contributed by atoms with Gasteiger partial charge < -0.3 is 5.32 Å². The van der Waals surface area contributed by atoms with Crippen molar-refractivity contribution in [3.05, 3.63) is 23.2 Å². The molecule has 3 heteroatoms. The van der Waals surface area contributed by atoms with E-state index in [4.69, 9.17) is 0 Å².